The number of nitrogens with one attached hydrogen (secondary N) is 1. The molecular weight excluding hydrogens is 186 g/mol. The lowest BCUT2D eigenvalue weighted by Gasteiger charge is -2.27. The van der Waals surface area contributed by atoms with Crippen LogP contribution in [0.15, 0.2) is 12.2 Å². The van der Waals surface area contributed by atoms with Crippen molar-refractivity contribution in [2.24, 2.45) is 0 Å². The Morgan fingerprint density at radius 2 is 2.08 bits per heavy atom. The number of hydrogen-bond acceptors (Lipinski definition) is 2. The van der Waals surface area contributed by atoms with Crippen molar-refractivity contribution in [3.63, 3.8) is 0 Å². The van der Waals surface area contributed by atoms with E-state index in [4.69, 9.17) is 11.6 Å². The molecule has 0 aromatic heterocycles. The van der Waals surface area contributed by atoms with Gasteiger partial charge < -0.3 is 10.4 Å². The molecule has 0 heterocycles. The van der Waals surface area contributed by atoms with Crippen LogP contribution in [0.1, 0.15) is 25.7 Å². The fourth-order valence-electron chi connectivity index (χ4n) is 1.72. The number of alkyl halides is 1. The van der Waals surface area contributed by atoms with E-state index >= 15 is 0 Å². The summed E-state index contributed by atoms with van der Waals surface area (Å²) in [6.45, 7) is 0.814. The van der Waals surface area contributed by atoms with Gasteiger partial charge in [0.2, 0.25) is 0 Å². The average Bonchev–Trinajstić information content (AvgIpc) is 2.15. The summed E-state index contributed by atoms with van der Waals surface area (Å²) in [5.74, 6) is 0.564. The quantitative estimate of drug-likeness (QED) is 0.538. The Labute approximate surface area is 85.0 Å². The van der Waals surface area contributed by atoms with Gasteiger partial charge in [0, 0.05) is 18.5 Å². The molecule has 0 aliphatic heterocycles. The van der Waals surface area contributed by atoms with Crippen LogP contribution in [0.4, 0.5) is 0 Å². The highest BCUT2D eigenvalue weighted by Gasteiger charge is 2.21. The molecule has 0 aromatic carbocycles. The molecule has 0 saturated heterocycles. The molecule has 0 amide bonds. The summed E-state index contributed by atoms with van der Waals surface area (Å²) in [6, 6.07) is 0.286. The molecular formula is C10H18ClNO. The lowest BCUT2D eigenvalue weighted by atomic mass is 9.93. The molecule has 1 saturated carbocycles. The molecule has 0 radical (unpaired) electrons. The molecule has 2 atom stereocenters. The zero-order valence-electron chi connectivity index (χ0n) is 7.88. The molecule has 0 aromatic rings. The predicted octanol–water partition coefficient (Wildman–Crippen LogP) is 1.67. The Morgan fingerprint density at radius 1 is 1.31 bits per heavy atom. The molecule has 2 N–H and O–H groups in total. The predicted molar refractivity (Wildman–Crippen MR) is 56.1 cm³/mol. The van der Waals surface area contributed by atoms with Crippen LogP contribution in [0.5, 0.6) is 0 Å². The summed E-state index contributed by atoms with van der Waals surface area (Å²) in [4.78, 5) is 0. The number of hydrogen-bond donors (Lipinski definition) is 2. The lowest BCUT2D eigenvalue weighted by molar-refractivity contribution is 0.0928. The van der Waals surface area contributed by atoms with E-state index in [0.29, 0.717) is 5.88 Å². The number of allylic oxidation sites excluding steroid dienone is 1. The normalized spacial score (nSPS) is 29.7. The van der Waals surface area contributed by atoms with Crippen molar-refractivity contribution in [1.82, 2.24) is 5.32 Å². The van der Waals surface area contributed by atoms with Gasteiger partial charge in [-0.15, -0.1) is 11.6 Å². The standard InChI is InChI=1S/C10H18ClNO/c11-7-3-4-8-12-9-5-1-2-6-10(9)13/h3-4,9-10,12-13H,1-2,5-8H2/b4-3+. The van der Waals surface area contributed by atoms with Crippen LogP contribution in [-0.4, -0.2) is 29.7 Å². The van der Waals surface area contributed by atoms with E-state index < -0.39 is 0 Å². The van der Waals surface area contributed by atoms with E-state index in [0.717, 1.165) is 25.8 Å². The van der Waals surface area contributed by atoms with Crippen molar-refractivity contribution in [3.05, 3.63) is 12.2 Å². The largest absolute Gasteiger partial charge is 0.392 e. The van der Waals surface area contributed by atoms with Gasteiger partial charge in [0.15, 0.2) is 0 Å². The third kappa shape index (κ3) is 4.12. The van der Waals surface area contributed by atoms with Crippen molar-refractivity contribution < 1.29 is 5.11 Å². The SMILES string of the molecule is OC1CCCCC1NC/C=C/CCl. The van der Waals surface area contributed by atoms with Gasteiger partial charge in [-0.1, -0.05) is 25.0 Å². The molecule has 3 heteroatoms. The van der Waals surface area contributed by atoms with Crippen molar-refractivity contribution in [1.29, 1.82) is 0 Å². The second kappa shape index (κ2) is 6.41. The second-order valence-electron chi connectivity index (χ2n) is 3.49. The first-order valence-electron chi connectivity index (χ1n) is 4.97. The fraction of sp³-hybridized carbons (Fsp3) is 0.800. The van der Waals surface area contributed by atoms with Crippen LogP contribution < -0.4 is 5.32 Å². The monoisotopic (exact) mass is 203 g/mol. The summed E-state index contributed by atoms with van der Waals surface area (Å²) in [7, 11) is 0. The average molecular weight is 204 g/mol. The summed E-state index contributed by atoms with van der Waals surface area (Å²) in [6.07, 6.45) is 8.20. The van der Waals surface area contributed by atoms with Crippen LogP contribution in [0.2, 0.25) is 0 Å². The Hall–Kier alpha value is -0.0500. The van der Waals surface area contributed by atoms with Gasteiger partial charge in [0.1, 0.15) is 0 Å². The lowest BCUT2D eigenvalue weighted by Crippen LogP contribution is -2.42. The molecule has 1 aliphatic carbocycles. The van der Waals surface area contributed by atoms with Crippen LogP contribution in [-0.2, 0) is 0 Å². The minimum Gasteiger partial charge on any atom is -0.392 e. The van der Waals surface area contributed by atoms with Gasteiger partial charge in [0.25, 0.3) is 0 Å². The van der Waals surface area contributed by atoms with E-state index in [1.54, 1.807) is 0 Å². The molecule has 1 rings (SSSR count). The summed E-state index contributed by atoms with van der Waals surface area (Å²) in [5.41, 5.74) is 0. The number of aliphatic hydroxyl groups excluding tert-OH is 1. The molecule has 1 fully saturated rings. The minimum atomic E-state index is -0.154. The van der Waals surface area contributed by atoms with Crippen LogP contribution >= 0.6 is 11.6 Å². The zero-order chi connectivity index (χ0) is 9.52. The third-order valence-corrected chi connectivity index (χ3v) is 2.66. The number of aliphatic hydroxyl groups is 1. The Kier molecular flexibility index (Phi) is 5.44. The first kappa shape index (κ1) is 11.0. The van der Waals surface area contributed by atoms with E-state index in [-0.39, 0.29) is 12.1 Å². The first-order chi connectivity index (χ1) is 6.34. The van der Waals surface area contributed by atoms with Crippen LogP contribution in [0.25, 0.3) is 0 Å². The molecule has 0 spiro atoms. The van der Waals surface area contributed by atoms with E-state index in [9.17, 15) is 5.11 Å². The molecule has 13 heavy (non-hydrogen) atoms. The Bertz CT molecular complexity index is 161. The van der Waals surface area contributed by atoms with Gasteiger partial charge in [-0.2, -0.15) is 0 Å². The van der Waals surface area contributed by atoms with Crippen molar-refractivity contribution in [3.8, 4) is 0 Å². The highest BCUT2D eigenvalue weighted by atomic mass is 35.5. The first-order valence-corrected chi connectivity index (χ1v) is 5.50. The maximum absolute atomic E-state index is 9.61. The topological polar surface area (TPSA) is 32.3 Å². The fourth-order valence-corrected chi connectivity index (χ4v) is 1.84. The molecule has 1 aliphatic rings. The maximum atomic E-state index is 9.61. The van der Waals surface area contributed by atoms with Gasteiger partial charge >= 0.3 is 0 Å². The molecule has 2 nitrogen and oxygen atoms in total. The zero-order valence-corrected chi connectivity index (χ0v) is 8.63. The van der Waals surface area contributed by atoms with Crippen LogP contribution in [0.3, 0.4) is 0 Å². The third-order valence-electron chi connectivity index (χ3n) is 2.48. The summed E-state index contributed by atoms with van der Waals surface area (Å²) in [5, 5.41) is 12.9. The smallest absolute Gasteiger partial charge is 0.0693 e. The molecule has 76 valence electrons. The number of rotatable bonds is 4. The Morgan fingerprint density at radius 3 is 2.77 bits per heavy atom. The highest BCUT2D eigenvalue weighted by molar-refractivity contribution is 6.18. The maximum Gasteiger partial charge on any atom is 0.0693 e. The second-order valence-corrected chi connectivity index (χ2v) is 3.80. The van der Waals surface area contributed by atoms with E-state index in [1.807, 2.05) is 12.2 Å². The van der Waals surface area contributed by atoms with Crippen molar-refractivity contribution >= 4 is 11.6 Å². The molecule has 0 bridgehead atoms. The summed E-state index contributed by atoms with van der Waals surface area (Å²) < 4.78 is 0. The van der Waals surface area contributed by atoms with Gasteiger partial charge in [0.05, 0.1) is 6.10 Å². The van der Waals surface area contributed by atoms with E-state index in [2.05, 4.69) is 5.32 Å². The highest BCUT2D eigenvalue weighted by Crippen LogP contribution is 2.17. The van der Waals surface area contributed by atoms with Gasteiger partial charge in [-0.3, -0.25) is 0 Å². The number of halogens is 1. The summed E-state index contributed by atoms with van der Waals surface area (Å²) >= 11 is 5.49. The van der Waals surface area contributed by atoms with Gasteiger partial charge in [-0.05, 0) is 12.8 Å². The van der Waals surface area contributed by atoms with Crippen molar-refractivity contribution in [2.45, 2.75) is 37.8 Å². The van der Waals surface area contributed by atoms with E-state index in [1.165, 1.54) is 6.42 Å². The van der Waals surface area contributed by atoms with Crippen molar-refractivity contribution in [2.75, 3.05) is 12.4 Å². The molecule has 2 unspecified atom stereocenters. The van der Waals surface area contributed by atoms with Gasteiger partial charge in [-0.25, -0.2) is 0 Å². The van der Waals surface area contributed by atoms with Crippen LogP contribution in [0, 0.1) is 0 Å². The Balaban J connectivity index is 2.15. The minimum absolute atomic E-state index is 0.154.